The molecule has 2 aromatic rings. The van der Waals surface area contributed by atoms with Gasteiger partial charge in [0.25, 0.3) is 0 Å². The fourth-order valence-corrected chi connectivity index (χ4v) is 4.29. The molecule has 1 unspecified atom stereocenters. The zero-order chi connectivity index (χ0) is 23.0. The van der Waals surface area contributed by atoms with Crippen LogP contribution in [0.25, 0.3) is 0 Å². The number of amides is 2. The summed E-state index contributed by atoms with van der Waals surface area (Å²) in [4.78, 5) is 28.2. The van der Waals surface area contributed by atoms with E-state index >= 15 is 0 Å². The smallest absolute Gasteiger partial charge is 0.246 e. The van der Waals surface area contributed by atoms with Gasteiger partial charge in [-0.3, -0.25) is 9.59 Å². The Morgan fingerprint density at radius 1 is 1.03 bits per heavy atom. The number of hydrogen-bond acceptors (Lipinski definition) is 5. The molecule has 176 valence electrons. The lowest BCUT2D eigenvalue weighted by molar-refractivity contribution is -0.126. The van der Waals surface area contributed by atoms with E-state index in [2.05, 4.69) is 28.5 Å². The SMILES string of the molecule is CCCCC(NC(=O)Cc1ccc2c(c1)OCCO2)C(=O)Nc1cccc(N2CCCC2)c1. The Hall–Kier alpha value is -3.22. The van der Waals surface area contributed by atoms with Crippen molar-refractivity contribution in [3.63, 3.8) is 0 Å². The number of nitrogens with zero attached hydrogens (tertiary/aromatic N) is 1. The first-order valence-corrected chi connectivity index (χ1v) is 12.0. The summed E-state index contributed by atoms with van der Waals surface area (Å²) in [5, 5.41) is 5.94. The summed E-state index contributed by atoms with van der Waals surface area (Å²) in [6.07, 6.45) is 4.98. The van der Waals surface area contributed by atoms with E-state index in [9.17, 15) is 9.59 Å². The van der Waals surface area contributed by atoms with Gasteiger partial charge >= 0.3 is 0 Å². The van der Waals surface area contributed by atoms with Gasteiger partial charge in [0, 0.05) is 24.5 Å². The number of hydrogen-bond donors (Lipinski definition) is 2. The normalized spacial score (nSPS) is 15.7. The molecule has 0 aliphatic carbocycles. The fourth-order valence-electron chi connectivity index (χ4n) is 4.29. The summed E-state index contributed by atoms with van der Waals surface area (Å²) in [5.74, 6) is 0.984. The highest BCUT2D eigenvalue weighted by Crippen LogP contribution is 2.31. The Labute approximate surface area is 195 Å². The van der Waals surface area contributed by atoms with Gasteiger partial charge in [-0.2, -0.15) is 0 Å². The molecule has 2 aromatic carbocycles. The molecule has 33 heavy (non-hydrogen) atoms. The Morgan fingerprint density at radius 3 is 2.61 bits per heavy atom. The minimum Gasteiger partial charge on any atom is -0.486 e. The van der Waals surface area contributed by atoms with E-state index in [-0.39, 0.29) is 18.2 Å². The first kappa shape index (κ1) is 23.0. The van der Waals surface area contributed by atoms with Gasteiger partial charge in [0.15, 0.2) is 11.5 Å². The van der Waals surface area contributed by atoms with Crippen LogP contribution in [0.15, 0.2) is 42.5 Å². The van der Waals surface area contributed by atoms with Crippen molar-refractivity contribution in [2.75, 3.05) is 36.5 Å². The van der Waals surface area contributed by atoms with Crippen molar-refractivity contribution in [2.24, 2.45) is 0 Å². The van der Waals surface area contributed by atoms with Crippen LogP contribution >= 0.6 is 0 Å². The molecule has 0 spiro atoms. The third-order valence-corrected chi connectivity index (χ3v) is 6.05. The van der Waals surface area contributed by atoms with E-state index in [1.54, 1.807) is 0 Å². The van der Waals surface area contributed by atoms with Crippen LogP contribution in [0.5, 0.6) is 11.5 Å². The molecule has 0 aromatic heterocycles. The highest BCUT2D eigenvalue weighted by atomic mass is 16.6. The average Bonchev–Trinajstić information content (AvgIpc) is 3.37. The van der Waals surface area contributed by atoms with Crippen LogP contribution in [0.1, 0.15) is 44.6 Å². The number of ether oxygens (including phenoxy) is 2. The minimum absolute atomic E-state index is 0.178. The van der Waals surface area contributed by atoms with Crippen LogP contribution in [0, 0.1) is 0 Å². The fraction of sp³-hybridized carbons (Fsp3) is 0.462. The van der Waals surface area contributed by atoms with Crippen molar-refractivity contribution in [3.05, 3.63) is 48.0 Å². The molecule has 0 radical (unpaired) electrons. The number of carbonyl (C=O) groups excluding carboxylic acids is 2. The van der Waals surface area contributed by atoms with Crippen LogP contribution in [-0.2, 0) is 16.0 Å². The summed E-state index contributed by atoms with van der Waals surface area (Å²) in [6.45, 7) is 5.20. The summed E-state index contributed by atoms with van der Waals surface area (Å²) in [6, 6.07) is 12.9. The minimum atomic E-state index is -0.579. The van der Waals surface area contributed by atoms with Crippen LogP contribution in [0.2, 0.25) is 0 Å². The van der Waals surface area contributed by atoms with E-state index in [1.165, 1.54) is 12.8 Å². The van der Waals surface area contributed by atoms with E-state index in [1.807, 2.05) is 36.4 Å². The number of benzene rings is 2. The van der Waals surface area contributed by atoms with Crippen molar-refractivity contribution >= 4 is 23.2 Å². The van der Waals surface area contributed by atoms with Gasteiger partial charge in [-0.15, -0.1) is 0 Å². The highest BCUT2D eigenvalue weighted by molar-refractivity contribution is 5.97. The van der Waals surface area contributed by atoms with Crippen molar-refractivity contribution in [1.29, 1.82) is 0 Å². The Kier molecular flexibility index (Phi) is 7.70. The average molecular weight is 452 g/mol. The Bertz CT molecular complexity index is 972. The Balaban J connectivity index is 1.38. The molecule has 1 atom stereocenters. The lowest BCUT2D eigenvalue weighted by atomic mass is 10.1. The van der Waals surface area contributed by atoms with Crippen molar-refractivity contribution in [2.45, 2.75) is 51.5 Å². The van der Waals surface area contributed by atoms with Crippen molar-refractivity contribution in [3.8, 4) is 11.5 Å². The zero-order valence-corrected chi connectivity index (χ0v) is 19.3. The molecule has 7 heteroatoms. The van der Waals surface area contributed by atoms with Crippen molar-refractivity contribution < 1.29 is 19.1 Å². The largest absolute Gasteiger partial charge is 0.486 e. The standard InChI is InChI=1S/C26H33N3O4/c1-2-3-9-22(26(31)27-20-7-6-8-21(18-20)29-12-4-5-13-29)28-25(30)17-19-10-11-23-24(16-19)33-15-14-32-23/h6-8,10-11,16,18,22H,2-5,9,12-15,17H2,1H3,(H,27,31)(H,28,30). The van der Waals surface area contributed by atoms with Gasteiger partial charge in [-0.1, -0.05) is 31.9 Å². The second kappa shape index (κ2) is 11.1. The van der Waals surface area contributed by atoms with Gasteiger partial charge in [0.1, 0.15) is 19.3 Å². The van der Waals surface area contributed by atoms with E-state index in [0.717, 1.165) is 42.9 Å². The second-order valence-electron chi connectivity index (χ2n) is 8.65. The zero-order valence-electron chi connectivity index (χ0n) is 19.3. The van der Waals surface area contributed by atoms with Crippen LogP contribution in [-0.4, -0.2) is 44.2 Å². The summed E-state index contributed by atoms with van der Waals surface area (Å²) >= 11 is 0. The molecule has 2 amide bonds. The quantitative estimate of drug-likeness (QED) is 0.604. The molecule has 2 aliphatic heterocycles. The first-order chi connectivity index (χ1) is 16.1. The maximum Gasteiger partial charge on any atom is 0.246 e. The van der Waals surface area contributed by atoms with Crippen LogP contribution in [0.4, 0.5) is 11.4 Å². The molecule has 7 nitrogen and oxygen atoms in total. The van der Waals surface area contributed by atoms with Gasteiger partial charge in [-0.05, 0) is 55.2 Å². The summed E-state index contributed by atoms with van der Waals surface area (Å²) in [5.41, 5.74) is 2.70. The predicted octanol–water partition coefficient (Wildman–Crippen LogP) is 3.91. The highest BCUT2D eigenvalue weighted by Gasteiger charge is 2.22. The van der Waals surface area contributed by atoms with E-state index < -0.39 is 6.04 Å². The number of nitrogens with one attached hydrogen (secondary N) is 2. The molecule has 2 N–H and O–H groups in total. The lowest BCUT2D eigenvalue weighted by Gasteiger charge is -2.21. The van der Waals surface area contributed by atoms with Crippen molar-refractivity contribution in [1.82, 2.24) is 5.32 Å². The van der Waals surface area contributed by atoms with Gasteiger partial charge < -0.3 is 25.0 Å². The molecule has 0 saturated carbocycles. The third-order valence-electron chi connectivity index (χ3n) is 6.05. The number of rotatable bonds is 9. The monoisotopic (exact) mass is 451 g/mol. The molecule has 2 heterocycles. The molecule has 2 aliphatic rings. The molecule has 1 fully saturated rings. The first-order valence-electron chi connectivity index (χ1n) is 12.0. The van der Waals surface area contributed by atoms with Gasteiger partial charge in [0.05, 0.1) is 6.42 Å². The predicted molar refractivity (Wildman–Crippen MR) is 129 cm³/mol. The number of unbranched alkanes of at least 4 members (excludes halogenated alkanes) is 1. The van der Waals surface area contributed by atoms with Gasteiger partial charge in [0.2, 0.25) is 11.8 Å². The second-order valence-corrected chi connectivity index (χ2v) is 8.65. The molecule has 1 saturated heterocycles. The molecular weight excluding hydrogens is 418 g/mol. The lowest BCUT2D eigenvalue weighted by Crippen LogP contribution is -2.44. The number of carbonyl (C=O) groups is 2. The third kappa shape index (κ3) is 6.18. The summed E-state index contributed by atoms with van der Waals surface area (Å²) < 4.78 is 11.1. The number of anilines is 2. The maximum atomic E-state index is 13.1. The van der Waals surface area contributed by atoms with E-state index in [4.69, 9.17) is 9.47 Å². The molecular formula is C26H33N3O4. The molecule has 0 bridgehead atoms. The maximum absolute atomic E-state index is 13.1. The molecule has 4 rings (SSSR count). The summed E-state index contributed by atoms with van der Waals surface area (Å²) in [7, 11) is 0. The number of fused-ring (bicyclic) bond motifs is 1. The van der Waals surface area contributed by atoms with E-state index in [0.29, 0.717) is 31.1 Å². The van der Waals surface area contributed by atoms with Crippen LogP contribution in [0.3, 0.4) is 0 Å². The topological polar surface area (TPSA) is 79.9 Å². The Morgan fingerprint density at radius 2 is 1.82 bits per heavy atom. The van der Waals surface area contributed by atoms with Crippen LogP contribution < -0.4 is 25.0 Å². The van der Waals surface area contributed by atoms with Gasteiger partial charge in [-0.25, -0.2) is 0 Å².